The molecule has 3 amide bonds. The number of nitrogens with one attached hydrogen (secondary N) is 2. The zero-order chi connectivity index (χ0) is 24.1. The average Bonchev–Trinajstić information content (AvgIpc) is 2.68. The minimum Gasteiger partial charge on any atom is -0.351 e. The highest BCUT2D eigenvalue weighted by molar-refractivity contribution is 6.31. The molecule has 0 aliphatic heterocycles. The van der Waals surface area contributed by atoms with Gasteiger partial charge in [0.05, 0.1) is 22.7 Å². The maximum atomic E-state index is 13.6. The van der Waals surface area contributed by atoms with Crippen molar-refractivity contribution in [1.29, 1.82) is 0 Å². The molecule has 0 atom stereocenters. The van der Waals surface area contributed by atoms with E-state index < -0.39 is 58.2 Å². The molecule has 0 aliphatic carbocycles. The van der Waals surface area contributed by atoms with Crippen molar-refractivity contribution in [2.75, 3.05) is 25.5 Å². The molecule has 0 radical (unpaired) electrons. The average molecular weight is 478 g/mol. The van der Waals surface area contributed by atoms with Crippen LogP contribution in [-0.4, -0.2) is 42.8 Å². The number of carbonyl (C=O) groups excluding carboxylic acids is 3. The fourth-order valence-electron chi connectivity index (χ4n) is 2.57. The van der Waals surface area contributed by atoms with Crippen molar-refractivity contribution in [2.45, 2.75) is 12.6 Å². The quantitative estimate of drug-likeness (QED) is 0.595. The molecule has 32 heavy (non-hydrogen) atoms. The Bertz CT molecular complexity index is 1030. The highest BCUT2D eigenvalue weighted by Gasteiger charge is 2.33. The Kier molecular flexibility index (Phi) is 8.14. The molecular weight excluding hydrogens is 461 g/mol. The van der Waals surface area contributed by atoms with Crippen molar-refractivity contribution < 1.29 is 36.3 Å². The second-order valence-corrected chi connectivity index (χ2v) is 7.03. The van der Waals surface area contributed by atoms with Gasteiger partial charge in [-0.2, -0.15) is 13.2 Å². The number of amides is 3. The molecular formula is C20H17ClF5N3O3. The number of hydrogen-bond donors (Lipinski definition) is 2. The summed E-state index contributed by atoms with van der Waals surface area (Å²) in [4.78, 5) is 37.0. The minimum absolute atomic E-state index is 0.152. The number of benzene rings is 2. The highest BCUT2D eigenvalue weighted by atomic mass is 35.5. The van der Waals surface area contributed by atoms with E-state index in [-0.39, 0.29) is 18.7 Å². The summed E-state index contributed by atoms with van der Waals surface area (Å²) in [6.07, 6.45) is -4.94. The van der Waals surface area contributed by atoms with Crippen LogP contribution in [0.2, 0.25) is 5.02 Å². The molecule has 0 aliphatic rings. The molecule has 6 nitrogen and oxygen atoms in total. The molecule has 2 rings (SSSR count). The van der Waals surface area contributed by atoms with Crippen molar-refractivity contribution in [3.63, 3.8) is 0 Å². The predicted molar refractivity (Wildman–Crippen MR) is 106 cm³/mol. The zero-order valence-electron chi connectivity index (χ0n) is 16.5. The molecule has 0 unspecified atom stereocenters. The van der Waals surface area contributed by atoms with Gasteiger partial charge in [0.25, 0.3) is 5.91 Å². The lowest BCUT2D eigenvalue weighted by Crippen LogP contribution is -2.37. The van der Waals surface area contributed by atoms with Crippen LogP contribution in [0.25, 0.3) is 0 Å². The van der Waals surface area contributed by atoms with Crippen molar-refractivity contribution in [2.24, 2.45) is 0 Å². The number of nitrogens with zero attached hydrogens (tertiary/aromatic N) is 1. The Morgan fingerprint density at radius 2 is 1.75 bits per heavy atom. The number of anilines is 1. The van der Waals surface area contributed by atoms with Gasteiger partial charge in [0.15, 0.2) is 0 Å². The molecule has 172 valence electrons. The van der Waals surface area contributed by atoms with Crippen LogP contribution in [0.4, 0.5) is 27.6 Å². The Hall–Kier alpha value is -3.21. The van der Waals surface area contributed by atoms with Gasteiger partial charge in [0.2, 0.25) is 11.8 Å². The molecule has 0 spiro atoms. The summed E-state index contributed by atoms with van der Waals surface area (Å²) in [6.45, 7) is -0.657. The topological polar surface area (TPSA) is 78.5 Å². The first kappa shape index (κ1) is 25.1. The number of likely N-dealkylation sites (N-methyl/N-ethyl adjacent to an activating group) is 1. The van der Waals surface area contributed by atoms with Gasteiger partial charge in [-0.1, -0.05) is 11.6 Å². The lowest BCUT2D eigenvalue weighted by Gasteiger charge is -2.17. The first-order chi connectivity index (χ1) is 14.9. The Balaban J connectivity index is 1.84. The van der Waals surface area contributed by atoms with E-state index in [4.69, 9.17) is 11.6 Å². The number of rotatable bonds is 7. The van der Waals surface area contributed by atoms with Crippen LogP contribution in [0.15, 0.2) is 36.4 Å². The zero-order valence-corrected chi connectivity index (χ0v) is 17.3. The Labute approximate surface area is 184 Å². The fraction of sp³-hybridized carbons (Fsp3) is 0.250. The largest absolute Gasteiger partial charge is 0.417 e. The Morgan fingerprint density at radius 3 is 2.38 bits per heavy atom. The summed E-state index contributed by atoms with van der Waals surface area (Å²) in [5, 5.41) is 4.01. The van der Waals surface area contributed by atoms with Gasteiger partial charge in [-0.05, 0) is 30.3 Å². The van der Waals surface area contributed by atoms with E-state index in [0.717, 1.165) is 23.1 Å². The van der Waals surface area contributed by atoms with Crippen LogP contribution in [0.1, 0.15) is 22.3 Å². The van der Waals surface area contributed by atoms with Crippen LogP contribution >= 0.6 is 11.6 Å². The molecule has 0 aromatic heterocycles. The third-order valence-electron chi connectivity index (χ3n) is 4.16. The molecule has 0 heterocycles. The normalized spacial score (nSPS) is 11.1. The van der Waals surface area contributed by atoms with Crippen molar-refractivity contribution in [3.8, 4) is 0 Å². The third kappa shape index (κ3) is 6.91. The van der Waals surface area contributed by atoms with Crippen LogP contribution < -0.4 is 10.6 Å². The number of halogens is 6. The molecule has 2 aromatic carbocycles. The molecule has 0 saturated heterocycles. The molecule has 0 saturated carbocycles. The molecule has 0 bridgehead atoms. The maximum absolute atomic E-state index is 13.6. The molecule has 12 heteroatoms. The van der Waals surface area contributed by atoms with E-state index in [1.165, 1.54) is 13.1 Å². The van der Waals surface area contributed by atoms with Crippen molar-refractivity contribution in [3.05, 3.63) is 64.2 Å². The van der Waals surface area contributed by atoms with Gasteiger partial charge in [-0.25, -0.2) is 8.78 Å². The second-order valence-electron chi connectivity index (χ2n) is 6.62. The first-order valence-corrected chi connectivity index (χ1v) is 9.40. The van der Waals surface area contributed by atoms with Crippen LogP contribution in [0.5, 0.6) is 0 Å². The highest BCUT2D eigenvalue weighted by Crippen LogP contribution is 2.36. The van der Waals surface area contributed by atoms with Gasteiger partial charge < -0.3 is 15.5 Å². The predicted octanol–water partition coefficient (Wildman–Crippen LogP) is 3.85. The van der Waals surface area contributed by atoms with Crippen LogP contribution in [0.3, 0.4) is 0 Å². The SMILES string of the molecule is CN(CC(=O)Nc1ccc(Cl)c(C(F)(F)F)c1)C(=O)CCNC(=O)c1ccc(F)cc1F. The summed E-state index contributed by atoms with van der Waals surface area (Å²) in [5.41, 5.74) is -1.66. The smallest absolute Gasteiger partial charge is 0.351 e. The maximum Gasteiger partial charge on any atom is 0.417 e. The van der Waals surface area contributed by atoms with E-state index in [0.29, 0.717) is 12.1 Å². The standard InChI is InChI=1S/C20H17ClF5N3O3/c1-29(10-17(30)28-12-3-5-15(21)14(9-12)20(24,25)26)18(31)6-7-27-19(32)13-4-2-11(22)8-16(13)23/h2-5,8-9H,6-7,10H2,1H3,(H,27,32)(H,28,30). The summed E-state index contributed by atoms with van der Waals surface area (Å²) < 4.78 is 65.1. The lowest BCUT2D eigenvalue weighted by molar-refractivity contribution is -0.137. The first-order valence-electron chi connectivity index (χ1n) is 9.02. The van der Waals surface area contributed by atoms with E-state index in [1.54, 1.807) is 0 Å². The molecule has 0 fully saturated rings. The van der Waals surface area contributed by atoms with E-state index in [9.17, 15) is 36.3 Å². The van der Waals surface area contributed by atoms with Gasteiger partial charge in [-0.3, -0.25) is 14.4 Å². The van der Waals surface area contributed by atoms with Crippen LogP contribution in [0, 0.1) is 11.6 Å². The van der Waals surface area contributed by atoms with Crippen molar-refractivity contribution >= 4 is 35.0 Å². The molecule has 2 N–H and O–H groups in total. The van der Waals surface area contributed by atoms with Gasteiger partial charge in [0.1, 0.15) is 11.6 Å². The fourth-order valence-corrected chi connectivity index (χ4v) is 2.79. The second kappa shape index (κ2) is 10.4. The lowest BCUT2D eigenvalue weighted by atomic mass is 10.2. The van der Waals surface area contributed by atoms with E-state index in [2.05, 4.69) is 10.6 Å². The number of carbonyl (C=O) groups is 3. The third-order valence-corrected chi connectivity index (χ3v) is 4.49. The summed E-state index contributed by atoms with van der Waals surface area (Å²) in [5.74, 6) is -4.07. The molecule has 2 aromatic rings. The Morgan fingerprint density at radius 1 is 1.06 bits per heavy atom. The van der Waals surface area contributed by atoms with E-state index in [1.807, 2.05) is 0 Å². The summed E-state index contributed by atoms with van der Waals surface area (Å²) in [6, 6.07) is 5.26. The van der Waals surface area contributed by atoms with Crippen LogP contribution in [-0.2, 0) is 15.8 Å². The monoisotopic (exact) mass is 477 g/mol. The van der Waals surface area contributed by atoms with Gasteiger partial charge in [-0.15, -0.1) is 0 Å². The van der Waals surface area contributed by atoms with Gasteiger partial charge in [0, 0.05) is 31.8 Å². The summed E-state index contributed by atoms with van der Waals surface area (Å²) >= 11 is 5.52. The number of alkyl halides is 3. The summed E-state index contributed by atoms with van der Waals surface area (Å²) in [7, 11) is 1.28. The minimum atomic E-state index is -4.70. The van der Waals surface area contributed by atoms with Crippen molar-refractivity contribution in [1.82, 2.24) is 10.2 Å². The van der Waals surface area contributed by atoms with E-state index >= 15 is 0 Å². The number of hydrogen-bond acceptors (Lipinski definition) is 3. The van der Waals surface area contributed by atoms with Gasteiger partial charge >= 0.3 is 6.18 Å².